The predicted molar refractivity (Wildman–Crippen MR) is 51.0 cm³/mol. The largest absolute Gasteiger partial charge is 0.460 e. The van der Waals surface area contributed by atoms with E-state index in [0.717, 1.165) is 0 Å². The molecule has 0 N–H and O–H groups in total. The maximum Gasteiger partial charge on any atom is 0.460 e. The fourth-order valence-corrected chi connectivity index (χ4v) is 1.24. The molecule has 0 saturated carbocycles. The molecule has 0 radical (unpaired) electrons. The van der Waals surface area contributed by atoms with Crippen LogP contribution in [0.15, 0.2) is 11.7 Å². The molecule has 0 aliphatic carbocycles. The second kappa shape index (κ2) is 6.77. The van der Waals surface area contributed by atoms with E-state index in [-0.39, 0.29) is 0 Å². The van der Waals surface area contributed by atoms with Crippen molar-refractivity contribution in [1.82, 2.24) is 0 Å². The number of halogens is 18. The molecule has 0 aromatic rings. The van der Waals surface area contributed by atoms with Gasteiger partial charge in [-0.1, -0.05) is 0 Å². The molecule has 0 aromatic heterocycles. The van der Waals surface area contributed by atoms with Crippen LogP contribution in [0.3, 0.4) is 0 Å². The number of hydrogen-bond donors (Lipinski definition) is 0. The summed E-state index contributed by atoms with van der Waals surface area (Å²) >= 11 is 0. The molecule has 0 unspecified atom stereocenters. The highest BCUT2D eigenvalue weighted by Gasteiger charge is 2.84. The monoisotopic (exact) mass is 464 g/mol. The summed E-state index contributed by atoms with van der Waals surface area (Å²) in [6.45, 7) is -3.76. The van der Waals surface area contributed by atoms with Crippen LogP contribution in [-0.4, -0.2) is 48.4 Å². The van der Waals surface area contributed by atoms with Crippen molar-refractivity contribution >= 4 is 0 Å². The fraction of sp³-hybridized carbons (Fsp3) is 0.800. The number of alkyl halides is 16. The first-order chi connectivity index (χ1) is 11.9. The van der Waals surface area contributed by atoms with Crippen molar-refractivity contribution < 1.29 is 79.0 Å². The van der Waals surface area contributed by atoms with Gasteiger partial charge in [-0.15, -0.1) is 0 Å². The van der Waals surface area contributed by atoms with Gasteiger partial charge in [0.1, 0.15) is 0 Å². The molecule has 28 heavy (non-hydrogen) atoms. The average molecular weight is 464 g/mol. The van der Waals surface area contributed by atoms with Crippen LogP contribution in [0.25, 0.3) is 0 Å². The van der Waals surface area contributed by atoms with E-state index in [2.05, 4.69) is 0 Å². The molecule has 0 nitrogen and oxygen atoms in total. The van der Waals surface area contributed by atoms with Crippen molar-refractivity contribution in [2.45, 2.75) is 41.7 Å². The maximum absolute atomic E-state index is 12.9. The summed E-state index contributed by atoms with van der Waals surface area (Å²) in [5, 5.41) is 0. The Kier molecular flexibility index (Phi) is 6.41. The molecule has 0 saturated heterocycles. The van der Waals surface area contributed by atoms with E-state index in [9.17, 15) is 79.0 Å². The number of hydrogen-bond acceptors (Lipinski definition) is 0. The summed E-state index contributed by atoms with van der Waals surface area (Å²) in [4.78, 5) is 0. The molecule has 0 aromatic carbocycles. The Morgan fingerprint density at radius 3 is 1.00 bits per heavy atom. The first-order valence-corrected chi connectivity index (χ1v) is 5.83. The third-order valence-electron chi connectivity index (χ3n) is 2.91. The Bertz CT molecular complexity index is 606. The Morgan fingerprint density at radius 2 is 0.750 bits per heavy atom. The van der Waals surface area contributed by atoms with Crippen LogP contribution in [0.1, 0.15) is 0 Å². The molecule has 0 heterocycles. The highest BCUT2D eigenvalue weighted by molar-refractivity contribution is 5.25. The second-order valence-electron chi connectivity index (χ2n) is 4.84. The average Bonchev–Trinajstić information content (AvgIpc) is 2.51. The first-order valence-electron chi connectivity index (χ1n) is 5.83. The van der Waals surface area contributed by atoms with E-state index in [1.807, 2.05) is 0 Å². The van der Waals surface area contributed by atoms with Crippen LogP contribution in [0.2, 0.25) is 0 Å². The van der Waals surface area contributed by atoms with Gasteiger partial charge in [0.2, 0.25) is 11.7 Å². The highest BCUT2D eigenvalue weighted by atomic mass is 19.4. The van der Waals surface area contributed by atoms with Crippen molar-refractivity contribution in [2.75, 3.05) is 6.67 Å². The smallest absolute Gasteiger partial charge is 0.244 e. The minimum absolute atomic E-state index is 3.76. The number of rotatable bonds is 7. The van der Waals surface area contributed by atoms with E-state index in [1.165, 1.54) is 0 Å². The Labute approximate surface area is 140 Å². The summed E-state index contributed by atoms with van der Waals surface area (Å²) in [5.74, 6) is -56.2. The predicted octanol–water partition coefficient (Wildman–Crippen LogP) is 6.48. The fourth-order valence-electron chi connectivity index (χ4n) is 1.24. The highest BCUT2D eigenvalue weighted by Crippen LogP contribution is 2.58. The van der Waals surface area contributed by atoms with E-state index in [4.69, 9.17) is 0 Å². The van der Waals surface area contributed by atoms with Crippen LogP contribution in [0.4, 0.5) is 79.0 Å². The molecule has 168 valence electrons. The third-order valence-corrected chi connectivity index (χ3v) is 2.91. The summed E-state index contributed by atoms with van der Waals surface area (Å²) < 4.78 is 225. The van der Waals surface area contributed by atoms with E-state index in [1.54, 1.807) is 0 Å². The standard InChI is InChI=1S/C10H2F18/c11-1-4(14,15)7(20,21)5(16,17)2(12)3(13)6(18,19)8(22,23)9(24,25)10(26,27)28/h1H2/b3-2+. The zero-order chi connectivity index (χ0) is 23.4. The SMILES string of the molecule is FCC(F)(F)C(F)(F)C(F)(F)/C(F)=C(\F)C(F)(F)C(F)(F)C(F)(F)C(F)(F)F. The minimum atomic E-state index is -8.10. The van der Waals surface area contributed by atoms with Crippen LogP contribution in [0, 0.1) is 0 Å². The molecular formula is C10H2F18. The Hall–Kier alpha value is -1.52. The lowest BCUT2D eigenvalue weighted by Gasteiger charge is -2.34. The molecule has 0 spiro atoms. The van der Waals surface area contributed by atoms with Crippen LogP contribution in [-0.2, 0) is 0 Å². The van der Waals surface area contributed by atoms with Crippen molar-refractivity contribution in [3.8, 4) is 0 Å². The van der Waals surface area contributed by atoms with Gasteiger partial charge < -0.3 is 0 Å². The number of allylic oxidation sites excluding steroid dienone is 2. The van der Waals surface area contributed by atoms with Gasteiger partial charge in [0.15, 0.2) is 6.67 Å². The van der Waals surface area contributed by atoms with Crippen molar-refractivity contribution in [3.63, 3.8) is 0 Å². The Balaban J connectivity index is 6.65. The lowest BCUT2D eigenvalue weighted by atomic mass is 9.98. The molecule has 0 amide bonds. The molecule has 0 rings (SSSR count). The molecule has 0 aliphatic heterocycles. The van der Waals surface area contributed by atoms with Crippen LogP contribution >= 0.6 is 0 Å². The lowest BCUT2D eigenvalue weighted by Crippen LogP contribution is -2.62. The van der Waals surface area contributed by atoms with E-state index >= 15 is 0 Å². The molecular weight excluding hydrogens is 462 g/mol. The molecule has 0 atom stereocenters. The van der Waals surface area contributed by atoms with E-state index in [0.29, 0.717) is 0 Å². The third kappa shape index (κ3) is 3.46. The van der Waals surface area contributed by atoms with Gasteiger partial charge in [-0.05, 0) is 0 Å². The molecule has 0 aliphatic rings. The zero-order valence-electron chi connectivity index (χ0n) is 12.0. The lowest BCUT2D eigenvalue weighted by molar-refractivity contribution is -0.392. The normalized spacial score (nSPS) is 16.9. The molecule has 0 bridgehead atoms. The van der Waals surface area contributed by atoms with Crippen molar-refractivity contribution in [3.05, 3.63) is 11.7 Å². The van der Waals surface area contributed by atoms with Gasteiger partial charge in [-0.3, -0.25) is 0 Å². The van der Waals surface area contributed by atoms with Crippen molar-refractivity contribution in [1.29, 1.82) is 0 Å². The van der Waals surface area contributed by atoms with Gasteiger partial charge in [0, 0.05) is 0 Å². The second-order valence-corrected chi connectivity index (χ2v) is 4.84. The van der Waals surface area contributed by atoms with Crippen molar-refractivity contribution in [2.24, 2.45) is 0 Å². The summed E-state index contributed by atoms with van der Waals surface area (Å²) in [7, 11) is 0. The zero-order valence-corrected chi connectivity index (χ0v) is 12.0. The maximum atomic E-state index is 12.9. The minimum Gasteiger partial charge on any atom is -0.244 e. The molecule has 18 heteroatoms. The summed E-state index contributed by atoms with van der Waals surface area (Å²) in [6, 6.07) is 0. The van der Waals surface area contributed by atoms with Gasteiger partial charge in [-0.2, -0.15) is 65.9 Å². The van der Waals surface area contributed by atoms with Gasteiger partial charge in [0.25, 0.3) is 0 Å². The summed E-state index contributed by atoms with van der Waals surface area (Å²) in [5.41, 5.74) is 0. The van der Waals surface area contributed by atoms with Crippen LogP contribution < -0.4 is 0 Å². The quantitative estimate of drug-likeness (QED) is 0.379. The topological polar surface area (TPSA) is 0 Å². The van der Waals surface area contributed by atoms with Gasteiger partial charge >= 0.3 is 41.7 Å². The first kappa shape index (κ1) is 26.5. The molecule has 0 fully saturated rings. The van der Waals surface area contributed by atoms with E-state index < -0.39 is 60.0 Å². The Morgan fingerprint density at radius 1 is 0.464 bits per heavy atom. The summed E-state index contributed by atoms with van der Waals surface area (Å²) in [6.07, 6.45) is -7.62. The van der Waals surface area contributed by atoms with Crippen LogP contribution in [0.5, 0.6) is 0 Å². The van der Waals surface area contributed by atoms with Gasteiger partial charge in [-0.25, -0.2) is 13.2 Å². The van der Waals surface area contributed by atoms with Gasteiger partial charge in [0.05, 0.1) is 0 Å².